The number of alkyl halides is 3. The van der Waals surface area contributed by atoms with E-state index in [1.54, 1.807) is 0 Å². The molecular formula is C13H14BrF3N4. The molecule has 0 aliphatic carbocycles. The van der Waals surface area contributed by atoms with Crippen molar-refractivity contribution in [1.29, 1.82) is 0 Å². The Balaban J connectivity index is 2.36. The maximum atomic E-state index is 12.6. The highest BCUT2D eigenvalue weighted by molar-refractivity contribution is 9.10. The summed E-state index contributed by atoms with van der Waals surface area (Å²) in [5.41, 5.74) is -0.0371. The normalized spacial score (nSPS) is 12.1. The first-order valence-corrected chi connectivity index (χ1v) is 7.06. The molecular weight excluding hydrogens is 349 g/mol. The van der Waals surface area contributed by atoms with Gasteiger partial charge in [-0.15, -0.1) is 0 Å². The Morgan fingerprint density at radius 3 is 2.62 bits per heavy atom. The van der Waals surface area contributed by atoms with Crippen LogP contribution in [0.3, 0.4) is 0 Å². The first kappa shape index (κ1) is 16.0. The molecule has 114 valence electrons. The third kappa shape index (κ3) is 4.04. The average Bonchev–Trinajstić information content (AvgIpc) is 2.85. The number of nitrogens with zero attached hydrogens (tertiary/aromatic N) is 3. The van der Waals surface area contributed by atoms with Crippen LogP contribution in [0.4, 0.5) is 13.2 Å². The van der Waals surface area contributed by atoms with Gasteiger partial charge in [-0.25, -0.2) is 9.67 Å². The number of aromatic nitrogens is 3. The Morgan fingerprint density at radius 2 is 2.05 bits per heavy atom. The second kappa shape index (κ2) is 6.15. The largest absolute Gasteiger partial charge is 0.419 e. The third-order valence-electron chi connectivity index (χ3n) is 2.74. The molecule has 0 spiro atoms. The van der Waals surface area contributed by atoms with Crippen LogP contribution >= 0.6 is 15.9 Å². The van der Waals surface area contributed by atoms with Crippen LogP contribution in [0.25, 0.3) is 5.82 Å². The second-order valence-electron chi connectivity index (χ2n) is 4.84. The standard InChI is InChI=1S/C13H14BrF3N4/c1-8(2)18-4-9-3-11(14)6-19-12(9)21-7-10(5-20-21)13(15,16)17/h3,5-8,18H,4H2,1-2H3. The highest BCUT2D eigenvalue weighted by atomic mass is 79.9. The molecule has 0 saturated carbocycles. The fourth-order valence-corrected chi connectivity index (χ4v) is 2.09. The van der Waals surface area contributed by atoms with E-state index in [2.05, 4.69) is 31.3 Å². The maximum absolute atomic E-state index is 12.6. The molecule has 0 atom stereocenters. The fourth-order valence-electron chi connectivity index (χ4n) is 1.71. The number of hydrogen-bond acceptors (Lipinski definition) is 3. The Kier molecular flexibility index (Phi) is 4.67. The molecule has 0 amide bonds. The Labute approximate surface area is 128 Å². The molecule has 2 aromatic rings. The van der Waals surface area contributed by atoms with E-state index in [0.717, 1.165) is 27.1 Å². The van der Waals surface area contributed by atoms with Gasteiger partial charge in [0.25, 0.3) is 0 Å². The van der Waals surface area contributed by atoms with Gasteiger partial charge in [0, 0.05) is 35.0 Å². The van der Waals surface area contributed by atoms with Crippen LogP contribution in [0, 0.1) is 0 Å². The van der Waals surface area contributed by atoms with Crippen molar-refractivity contribution in [2.75, 3.05) is 0 Å². The summed E-state index contributed by atoms with van der Waals surface area (Å²) in [5, 5.41) is 6.97. The van der Waals surface area contributed by atoms with E-state index in [9.17, 15) is 13.2 Å². The summed E-state index contributed by atoms with van der Waals surface area (Å²) in [6.07, 6.45) is -1.15. The van der Waals surface area contributed by atoms with Crippen LogP contribution in [0.2, 0.25) is 0 Å². The molecule has 8 heteroatoms. The average molecular weight is 363 g/mol. The van der Waals surface area contributed by atoms with E-state index in [1.165, 1.54) is 6.20 Å². The zero-order valence-electron chi connectivity index (χ0n) is 11.4. The molecule has 0 unspecified atom stereocenters. The third-order valence-corrected chi connectivity index (χ3v) is 3.17. The van der Waals surface area contributed by atoms with Crippen molar-refractivity contribution in [2.24, 2.45) is 0 Å². The van der Waals surface area contributed by atoms with E-state index in [-0.39, 0.29) is 6.04 Å². The molecule has 1 N–H and O–H groups in total. The van der Waals surface area contributed by atoms with E-state index in [4.69, 9.17) is 0 Å². The van der Waals surface area contributed by atoms with Crippen molar-refractivity contribution in [3.63, 3.8) is 0 Å². The summed E-state index contributed by atoms with van der Waals surface area (Å²) in [6, 6.07) is 2.06. The molecule has 2 rings (SSSR count). The van der Waals surface area contributed by atoms with Gasteiger partial charge >= 0.3 is 6.18 Å². The van der Waals surface area contributed by atoms with Crippen LogP contribution in [0.15, 0.2) is 29.1 Å². The number of rotatable bonds is 4. The second-order valence-corrected chi connectivity index (χ2v) is 5.76. The van der Waals surface area contributed by atoms with Gasteiger partial charge in [-0.2, -0.15) is 18.3 Å². The molecule has 0 aliphatic heterocycles. The fraction of sp³-hybridized carbons (Fsp3) is 0.385. The molecule has 0 saturated heterocycles. The molecule has 21 heavy (non-hydrogen) atoms. The van der Waals surface area contributed by atoms with E-state index >= 15 is 0 Å². The van der Waals surface area contributed by atoms with E-state index < -0.39 is 11.7 Å². The summed E-state index contributed by atoms with van der Waals surface area (Å²) in [7, 11) is 0. The van der Waals surface area contributed by atoms with Crippen LogP contribution in [0.1, 0.15) is 25.0 Å². The topological polar surface area (TPSA) is 42.7 Å². The van der Waals surface area contributed by atoms with Crippen LogP contribution in [-0.2, 0) is 12.7 Å². The summed E-state index contributed by atoms with van der Waals surface area (Å²) in [6.45, 7) is 4.46. The van der Waals surface area contributed by atoms with Crippen molar-refractivity contribution >= 4 is 15.9 Å². The van der Waals surface area contributed by atoms with Gasteiger partial charge in [0.15, 0.2) is 5.82 Å². The van der Waals surface area contributed by atoms with Gasteiger partial charge in [0.05, 0.1) is 11.8 Å². The summed E-state index contributed by atoms with van der Waals surface area (Å²) in [4.78, 5) is 4.17. The van der Waals surface area contributed by atoms with Crippen molar-refractivity contribution in [1.82, 2.24) is 20.1 Å². The highest BCUT2D eigenvalue weighted by Crippen LogP contribution is 2.29. The van der Waals surface area contributed by atoms with Crippen molar-refractivity contribution in [3.05, 3.63) is 40.3 Å². The van der Waals surface area contributed by atoms with Gasteiger partial charge in [-0.1, -0.05) is 13.8 Å². The highest BCUT2D eigenvalue weighted by Gasteiger charge is 2.32. The summed E-state index contributed by atoms with van der Waals surface area (Å²) in [5.74, 6) is 0.377. The number of nitrogens with one attached hydrogen (secondary N) is 1. The first-order chi connectivity index (χ1) is 9.77. The summed E-state index contributed by atoms with van der Waals surface area (Å²) < 4.78 is 39.8. The lowest BCUT2D eigenvalue weighted by Gasteiger charge is -2.12. The molecule has 0 radical (unpaired) electrons. The minimum absolute atomic E-state index is 0.250. The zero-order chi connectivity index (χ0) is 15.6. The van der Waals surface area contributed by atoms with Gasteiger partial charge in [-0.3, -0.25) is 0 Å². The van der Waals surface area contributed by atoms with Gasteiger partial charge in [0.2, 0.25) is 0 Å². The minimum atomic E-state index is -4.41. The molecule has 4 nitrogen and oxygen atoms in total. The molecule has 2 heterocycles. The quantitative estimate of drug-likeness (QED) is 0.904. The number of pyridine rings is 1. The van der Waals surface area contributed by atoms with Crippen LogP contribution in [-0.4, -0.2) is 20.8 Å². The SMILES string of the molecule is CC(C)NCc1cc(Br)cnc1-n1cc(C(F)(F)F)cn1. The van der Waals surface area contributed by atoms with Crippen molar-refractivity contribution < 1.29 is 13.2 Å². The van der Waals surface area contributed by atoms with Crippen molar-refractivity contribution in [2.45, 2.75) is 32.6 Å². The maximum Gasteiger partial charge on any atom is 0.419 e. The van der Waals surface area contributed by atoms with E-state index in [0.29, 0.717) is 12.4 Å². The predicted molar refractivity (Wildman–Crippen MR) is 76.0 cm³/mol. The summed E-state index contributed by atoms with van der Waals surface area (Å²) >= 11 is 3.31. The van der Waals surface area contributed by atoms with Crippen LogP contribution < -0.4 is 5.32 Å². The lowest BCUT2D eigenvalue weighted by Crippen LogP contribution is -2.23. The number of hydrogen-bond donors (Lipinski definition) is 1. The number of halogens is 4. The van der Waals surface area contributed by atoms with E-state index in [1.807, 2.05) is 19.9 Å². The van der Waals surface area contributed by atoms with Crippen LogP contribution in [0.5, 0.6) is 0 Å². The lowest BCUT2D eigenvalue weighted by atomic mass is 10.2. The molecule has 0 bridgehead atoms. The molecule has 0 aromatic carbocycles. The molecule has 2 aromatic heterocycles. The molecule has 0 aliphatic rings. The molecule has 0 fully saturated rings. The van der Waals surface area contributed by atoms with Gasteiger partial charge < -0.3 is 5.32 Å². The Morgan fingerprint density at radius 1 is 1.33 bits per heavy atom. The van der Waals surface area contributed by atoms with Crippen molar-refractivity contribution in [3.8, 4) is 5.82 Å². The minimum Gasteiger partial charge on any atom is -0.310 e. The first-order valence-electron chi connectivity index (χ1n) is 6.27. The smallest absolute Gasteiger partial charge is 0.310 e. The predicted octanol–water partition coefficient (Wildman–Crippen LogP) is 3.55. The monoisotopic (exact) mass is 362 g/mol. The van der Waals surface area contributed by atoms with Gasteiger partial charge in [0.1, 0.15) is 0 Å². The Bertz CT molecular complexity index is 622. The Hall–Kier alpha value is -1.41. The lowest BCUT2D eigenvalue weighted by molar-refractivity contribution is -0.137. The zero-order valence-corrected chi connectivity index (χ0v) is 13.0. The van der Waals surface area contributed by atoms with Gasteiger partial charge in [-0.05, 0) is 22.0 Å².